The second-order valence-corrected chi connectivity index (χ2v) is 27.6. The molecule has 13 aromatic carbocycles. The van der Waals surface area contributed by atoms with Crippen molar-refractivity contribution in [3.63, 3.8) is 0 Å². The molecule has 0 spiro atoms. The van der Waals surface area contributed by atoms with Gasteiger partial charge >= 0.3 is 0 Å². The molecule has 94 heavy (non-hydrogen) atoms. The Morgan fingerprint density at radius 3 is 1.60 bits per heavy atom. The van der Waals surface area contributed by atoms with Gasteiger partial charge in [0.15, 0.2) is 0 Å². The van der Waals surface area contributed by atoms with Crippen molar-refractivity contribution in [1.82, 2.24) is 0 Å². The lowest BCUT2D eigenvalue weighted by Gasteiger charge is -2.46. The molecule has 5 aliphatic rings. The van der Waals surface area contributed by atoms with Gasteiger partial charge in [0.1, 0.15) is 0 Å². The van der Waals surface area contributed by atoms with Gasteiger partial charge < -0.3 is 19.6 Å². The SMILES string of the molecule is Cc1cccc(C)c1N1c2cccc3c2B(c2ccc4ccccc4c21)c1ccc2ccccc2c1N3c1c(C)cccc1Cc1ccc2c(c1)B1c3ccccc3N(c3ccccc3C3C=CC=CC3)c3cc(C(C)(C)C)cc(c31)N2c1ccccc1-c1ccccc1. The molecule has 4 heterocycles. The third kappa shape index (κ3) is 8.54. The van der Waals surface area contributed by atoms with Crippen molar-refractivity contribution in [3.8, 4) is 11.1 Å². The van der Waals surface area contributed by atoms with Crippen LogP contribution in [0.1, 0.15) is 72.1 Å². The van der Waals surface area contributed by atoms with Crippen LogP contribution in [-0.4, -0.2) is 13.4 Å². The van der Waals surface area contributed by atoms with Crippen molar-refractivity contribution in [3.05, 3.63) is 324 Å². The standard InChI is InChI=1S/C88H70B2N4/c1-56-26-23-27-57(2)84(56)93-78-44-25-45-79-82(78)90(71-49-47-62-33-13-15-38-68(62)86(71)93)72-50-48-63-34-14-16-39-69(63)87(72)94(79)85-58(3)28-24-35-64(85)52-59-46-51-77-73(53-59)89-70-40-19-22-43-76(70)91(74-41-20-17-36-66(74)60-29-9-7-10-30-60)80-54-65(88(4,5)6)55-81(83(80)89)92(77)75-42-21-18-37-67(75)61-31-11-8-12-32-61/h7-29,31-51,53-55,60H,30,52H2,1-6H3. The molecule has 0 N–H and O–H groups in total. The number of fused-ring (bicyclic) bond motifs is 12. The Balaban J connectivity index is 0.862. The Morgan fingerprint density at radius 1 is 0.383 bits per heavy atom. The summed E-state index contributed by atoms with van der Waals surface area (Å²) in [6.07, 6.45) is 10.8. The molecular formula is C88H70B2N4. The van der Waals surface area contributed by atoms with E-state index in [4.69, 9.17) is 0 Å². The number of aryl methyl sites for hydroxylation is 3. The quantitative estimate of drug-likeness (QED) is 0.141. The van der Waals surface area contributed by atoms with Gasteiger partial charge in [-0.15, -0.1) is 0 Å². The summed E-state index contributed by atoms with van der Waals surface area (Å²) in [5.74, 6) is 0.248. The average molecular weight is 1210 g/mol. The normalized spacial score (nSPS) is 14.8. The Bertz CT molecular complexity index is 5340. The first-order valence-electron chi connectivity index (χ1n) is 33.6. The summed E-state index contributed by atoms with van der Waals surface area (Å²) in [5, 5.41) is 4.98. The second kappa shape index (κ2) is 21.7. The molecule has 6 heteroatoms. The molecule has 4 aliphatic heterocycles. The van der Waals surface area contributed by atoms with Crippen molar-refractivity contribution in [2.45, 2.75) is 65.7 Å². The monoisotopic (exact) mass is 1200 g/mol. The Hall–Kier alpha value is -10.8. The first-order chi connectivity index (χ1) is 46.1. The highest BCUT2D eigenvalue weighted by atomic mass is 15.2. The van der Waals surface area contributed by atoms with E-state index in [1.54, 1.807) is 0 Å². The largest absolute Gasteiger partial charge is 0.311 e. The molecule has 0 fully saturated rings. The third-order valence-corrected chi connectivity index (χ3v) is 21.1. The topological polar surface area (TPSA) is 13.0 Å². The number of nitrogens with zero attached hydrogens (tertiary/aromatic N) is 4. The summed E-state index contributed by atoms with van der Waals surface area (Å²) in [5.41, 5.74) is 33.8. The number of benzene rings is 13. The zero-order valence-corrected chi connectivity index (χ0v) is 54.1. The zero-order chi connectivity index (χ0) is 63.1. The maximum absolute atomic E-state index is 2.69. The van der Waals surface area contributed by atoms with Gasteiger partial charge in [0.2, 0.25) is 0 Å². The number of anilines is 12. The summed E-state index contributed by atoms with van der Waals surface area (Å²) in [6, 6.07) is 99.7. The lowest BCUT2D eigenvalue weighted by molar-refractivity contribution is 0.590. The average Bonchev–Trinajstić information content (AvgIpc) is 0.698. The number of rotatable bonds is 8. The van der Waals surface area contributed by atoms with Crippen molar-refractivity contribution < 1.29 is 0 Å². The van der Waals surface area contributed by atoms with Crippen molar-refractivity contribution in [2.24, 2.45) is 0 Å². The third-order valence-electron chi connectivity index (χ3n) is 21.1. The molecule has 448 valence electrons. The lowest BCUT2D eigenvalue weighted by atomic mass is 9.33. The maximum Gasteiger partial charge on any atom is 0.252 e. The van der Waals surface area contributed by atoms with Gasteiger partial charge in [-0.05, 0) is 176 Å². The highest BCUT2D eigenvalue weighted by molar-refractivity contribution is 7.01. The van der Waals surface area contributed by atoms with Gasteiger partial charge in [-0.3, -0.25) is 0 Å². The molecule has 13 aromatic rings. The predicted octanol–water partition coefficient (Wildman–Crippen LogP) is 19.2. The zero-order valence-electron chi connectivity index (χ0n) is 54.1. The van der Waals surface area contributed by atoms with Gasteiger partial charge in [0.25, 0.3) is 13.4 Å². The molecule has 0 saturated carbocycles. The van der Waals surface area contributed by atoms with Crippen LogP contribution in [0.3, 0.4) is 0 Å². The highest BCUT2D eigenvalue weighted by Gasteiger charge is 2.47. The van der Waals surface area contributed by atoms with E-state index in [9.17, 15) is 0 Å². The Labute approximate surface area is 553 Å². The Kier molecular flexibility index (Phi) is 12.9. The summed E-state index contributed by atoms with van der Waals surface area (Å²) >= 11 is 0. The molecule has 1 aliphatic carbocycles. The van der Waals surface area contributed by atoms with Crippen LogP contribution >= 0.6 is 0 Å². The smallest absolute Gasteiger partial charge is 0.252 e. The van der Waals surface area contributed by atoms with Gasteiger partial charge in [0.05, 0.1) is 17.1 Å². The second-order valence-electron chi connectivity index (χ2n) is 27.6. The van der Waals surface area contributed by atoms with Crippen LogP contribution in [0, 0.1) is 20.8 Å². The van der Waals surface area contributed by atoms with E-state index in [2.05, 4.69) is 346 Å². The summed E-state index contributed by atoms with van der Waals surface area (Å²) in [7, 11) is 0. The van der Waals surface area contributed by atoms with E-state index >= 15 is 0 Å². The van der Waals surface area contributed by atoms with Crippen LogP contribution < -0.4 is 52.4 Å². The van der Waals surface area contributed by atoms with E-state index in [1.807, 2.05) is 0 Å². The fourth-order valence-electron chi connectivity index (χ4n) is 16.9. The minimum atomic E-state index is -0.166. The minimum absolute atomic E-state index is 0.0263. The molecule has 18 rings (SSSR count). The number of hydrogen-bond donors (Lipinski definition) is 0. The lowest BCUT2D eigenvalue weighted by Crippen LogP contribution is -2.61. The van der Waals surface area contributed by atoms with Crippen LogP contribution in [0.25, 0.3) is 32.7 Å². The summed E-state index contributed by atoms with van der Waals surface area (Å²) < 4.78 is 0. The van der Waals surface area contributed by atoms with E-state index < -0.39 is 0 Å². The molecule has 1 unspecified atom stereocenters. The van der Waals surface area contributed by atoms with Crippen LogP contribution in [0.5, 0.6) is 0 Å². The van der Waals surface area contributed by atoms with Gasteiger partial charge in [-0.1, -0.05) is 257 Å². The van der Waals surface area contributed by atoms with Crippen LogP contribution in [0.2, 0.25) is 0 Å². The summed E-state index contributed by atoms with van der Waals surface area (Å²) in [6.45, 7) is 13.9. The number of hydrogen-bond acceptors (Lipinski definition) is 4. The van der Waals surface area contributed by atoms with Crippen LogP contribution in [0.15, 0.2) is 285 Å². The fraction of sp³-hybridized carbons (Fsp3) is 0.114. The van der Waals surface area contributed by atoms with Gasteiger partial charge in [-0.2, -0.15) is 0 Å². The molecule has 0 bridgehead atoms. The molecule has 1 atom stereocenters. The molecule has 0 amide bonds. The highest BCUT2D eigenvalue weighted by Crippen LogP contribution is 2.53. The van der Waals surface area contributed by atoms with Crippen molar-refractivity contribution in [1.29, 1.82) is 0 Å². The molecule has 0 radical (unpaired) electrons. The molecule has 0 aromatic heterocycles. The van der Waals surface area contributed by atoms with Gasteiger partial charge in [-0.25, -0.2) is 0 Å². The van der Waals surface area contributed by atoms with E-state index in [1.165, 1.54) is 167 Å². The fourth-order valence-corrected chi connectivity index (χ4v) is 16.9. The van der Waals surface area contributed by atoms with Crippen molar-refractivity contribution >= 4 is 136 Å². The van der Waals surface area contributed by atoms with E-state index in [0.29, 0.717) is 6.42 Å². The van der Waals surface area contributed by atoms with Crippen LogP contribution in [0.4, 0.5) is 68.2 Å². The maximum atomic E-state index is 2.69. The van der Waals surface area contributed by atoms with E-state index in [0.717, 1.165) is 12.1 Å². The van der Waals surface area contributed by atoms with Crippen LogP contribution in [-0.2, 0) is 11.8 Å². The molecule has 0 saturated heterocycles. The molecular weight excluding hydrogens is 1130 g/mol. The minimum Gasteiger partial charge on any atom is -0.311 e. The van der Waals surface area contributed by atoms with Crippen molar-refractivity contribution in [2.75, 3.05) is 19.6 Å². The Morgan fingerprint density at radius 2 is 0.915 bits per heavy atom. The first-order valence-corrected chi connectivity index (χ1v) is 33.6. The molecule has 4 nitrogen and oxygen atoms in total. The van der Waals surface area contributed by atoms with Gasteiger partial charge in [0, 0.05) is 73.4 Å². The predicted molar refractivity (Wildman–Crippen MR) is 403 cm³/mol. The number of para-hydroxylation sites is 5. The first kappa shape index (κ1) is 56.0. The summed E-state index contributed by atoms with van der Waals surface area (Å²) in [4.78, 5) is 10.6. The van der Waals surface area contributed by atoms with E-state index in [-0.39, 0.29) is 24.8 Å². The number of allylic oxidation sites excluding steroid dienone is 4.